The Kier molecular flexibility index (Phi) is 5.78. The summed E-state index contributed by atoms with van der Waals surface area (Å²) in [4.78, 5) is 0. The Labute approximate surface area is 156 Å². The number of hydrogen-bond acceptors (Lipinski definition) is 0. The number of aryl methyl sites for hydroxylation is 6. The van der Waals surface area contributed by atoms with Gasteiger partial charge in [0.1, 0.15) is 8.80 Å². The zero-order valence-electron chi connectivity index (χ0n) is 17.5. The molecule has 0 nitrogen and oxygen atoms in total. The van der Waals surface area contributed by atoms with E-state index in [2.05, 4.69) is 98.4 Å². The van der Waals surface area contributed by atoms with Crippen LogP contribution in [0.5, 0.6) is 0 Å². The van der Waals surface area contributed by atoms with Gasteiger partial charge >= 0.3 is 0 Å². The molecule has 0 bridgehead atoms. The molecule has 0 spiro atoms. The molecule has 0 saturated carbocycles. The maximum Gasteiger partial charge on any atom is 0.148 e. The van der Waals surface area contributed by atoms with Crippen molar-refractivity contribution >= 4 is 19.2 Å². The summed E-state index contributed by atoms with van der Waals surface area (Å²) < 4.78 is 0. The van der Waals surface area contributed by atoms with Crippen molar-refractivity contribution in [2.24, 2.45) is 5.41 Å². The van der Waals surface area contributed by atoms with Gasteiger partial charge in [-0.25, -0.2) is 0 Å². The predicted molar refractivity (Wildman–Crippen MR) is 115 cm³/mol. The lowest BCUT2D eigenvalue weighted by molar-refractivity contribution is 0.545. The molecule has 0 atom stereocenters. The van der Waals surface area contributed by atoms with E-state index in [1.165, 1.54) is 33.4 Å². The summed E-state index contributed by atoms with van der Waals surface area (Å²) in [6.45, 7) is 20.4. The Balaban J connectivity index is 2.75. The molecule has 2 aromatic rings. The summed E-state index contributed by atoms with van der Waals surface area (Å²) in [5, 5.41) is 3.12. The lowest BCUT2D eigenvalue weighted by Crippen LogP contribution is -2.46. The second kappa shape index (κ2) is 7.33. The summed E-state index contributed by atoms with van der Waals surface area (Å²) in [6.07, 6.45) is 2.42. The maximum absolute atomic E-state index is 2.53. The van der Waals surface area contributed by atoms with Crippen molar-refractivity contribution in [3.63, 3.8) is 0 Å². The van der Waals surface area contributed by atoms with Crippen LogP contribution in [0.15, 0.2) is 36.0 Å². The van der Waals surface area contributed by atoms with Crippen LogP contribution < -0.4 is 10.4 Å². The van der Waals surface area contributed by atoms with Crippen molar-refractivity contribution in [3.8, 4) is 0 Å². The standard InChI is InChI=1S/C24H33Si/c1-16-12-18(3)22(19(4)13-16)25(11-10-24(7,8)9)23-20(5)14-17(2)15-21(23)6/h10-15H,1-9H3/b11-10+. The SMILES string of the molecule is Cc1cc(C)c([Si](/C=C/C(C)(C)C)c2c(C)cc(C)cc2C)c(C)c1. The van der Waals surface area contributed by atoms with Gasteiger partial charge < -0.3 is 0 Å². The lowest BCUT2D eigenvalue weighted by Gasteiger charge is -2.24. The van der Waals surface area contributed by atoms with Gasteiger partial charge in [-0.2, -0.15) is 0 Å². The minimum absolute atomic E-state index is 0.203. The molecule has 1 heteroatoms. The van der Waals surface area contributed by atoms with Gasteiger partial charge in [-0.05, 0) is 57.3 Å². The van der Waals surface area contributed by atoms with Crippen LogP contribution in [0.2, 0.25) is 0 Å². The smallest absolute Gasteiger partial charge is 0.0907 e. The zero-order chi connectivity index (χ0) is 18.9. The molecule has 0 heterocycles. The minimum atomic E-state index is -0.967. The first-order valence-electron chi connectivity index (χ1n) is 9.22. The Morgan fingerprint density at radius 2 is 0.960 bits per heavy atom. The normalized spacial score (nSPS) is 12.4. The molecule has 0 aliphatic rings. The number of hydrogen-bond donors (Lipinski definition) is 0. The van der Waals surface area contributed by atoms with Crippen molar-refractivity contribution in [1.82, 2.24) is 0 Å². The van der Waals surface area contributed by atoms with Gasteiger partial charge in [0.25, 0.3) is 0 Å². The van der Waals surface area contributed by atoms with E-state index >= 15 is 0 Å². The Morgan fingerprint density at radius 3 is 1.24 bits per heavy atom. The fourth-order valence-electron chi connectivity index (χ4n) is 3.83. The van der Waals surface area contributed by atoms with E-state index in [4.69, 9.17) is 0 Å². The average Bonchev–Trinajstić information content (AvgIpc) is 2.40. The summed E-state index contributed by atoms with van der Waals surface area (Å²) >= 11 is 0. The van der Waals surface area contributed by atoms with Crippen LogP contribution in [0.25, 0.3) is 0 Å². The summed E-state index contributed by atoms with van der Waals surface area (Å²) in [7, 11) is -0.967. The molecule has 0 unspecified atom stereocenters. The quantitative estimate of drug-likeness (QED) is 0.661. The van der Waals surface area contributed by atoms with Gasteiger partial charge in [0.05, 0.1) is 0 Å². The molecule has 0 saturated heterocycles. The highest BCUT2D eigenvalue weighted by atomic mass is 28.3. The molecule has 0 N–H and O–H groups in total. The van der Waals surface area contributed by atoms with E-state index in [0.717, 1.165) is 0 Å². The van der Waals surface area contributed by atoms with E-state index in [1.807, 2.05) is 0 Å². The third-order valence-corrected chi connectivity index (χ3v) is 7.80. The number of allylic oxidation sites excluding steroid dienone is 1. The molecule has 2 aromatic carbocycles. The van der Waals surface area contributed by atoms with E-state index in [-0.39, 0.29) is 5.41 Å². The van der Waals surface area contributed by atoms with Gasteiger partial charge in [0.15, 0.2) is 0 Å². The van der Waals surface area contributed by atoms with Gasteiger partial charge in [-0.15, -0.1) is 0 Å². The highest BCUT2D eigenvalue weighted by Crippen LogP contribution is 2.17. The number of benzene rings is 2. The third-order valence-electron chi connectivity index (χ3n) is 4.64. The number of rotatable bonds is 3. The van der Waals surface area contributed by atoms with Crippen molar-refractivity contribution in [2.75, 3.05) is 0 Å². The van der Waals surface area contributed by atoms with Crippen LogP contribution in [0, 0.1) is 47.0 Å². The van der Waals surface area contributed by atoms with Crippen LogP contribution in [-0.2, 0) is 0 Å². The molecular weight excluding hydrogens is 316 g/mol. The molecule has 133 valence electrons. The monoisotopic (exact) mass is 349 g/mol. The topological polar surface area (TPSA) is 0 Å². The van der Waals surface area contributed by atoms with Gasteiger partial charge in [0.2, 0.25) is 0 Å². The Hall–Kier alpha value is -1.60. The molecule has 1 radical (unpaired) electrons. The predicted octanol–water partition coefficient (Wildman–Crippen LogP) is 5.29. The maximum atomic E-state index is 2.53. The van der Waals surface area contributed by atoms with E-state index in [1.54, 1.807) is 10.4 Å². The minimum Gasteiger partial charge on any atom is -0.0907 e. The molecule has 0 amide bonds. The fraction of sp³-hybridized carbons (Fsp3) is 0.417. The first kappa shape index (κ1) is 19.7. The highest BCUT2D eigenvalue weighted by molar-refractivity contribution is 6.90. The molecule has 0 fully saturated rings. The second-order valence-corrected chi connectivity index (χ2v) is 10.8. The molecule has 2 rings (SSSR count). The van der Waals surface area contributed by atoms with Gasteiger partial charge in [-0.1, -0.05) is 90.2 Å². The molecule has 0 aliphatic carbocycles. The van der Waals surface area contributed by atoms with Gasteiger partial charge in [0, 0.05) is 0 Å². The zero-order valence-corrected chi connectivity index (χ0v) is 18.5. The van der Waals surface area contributed by atoms with E-state index in [9.17, 15) is 0 Å². The molecule has 25 heavy (non-hydrogen) atoms. The summed E-state index contributed by atoms with van der Waals surface area (Å²) in [5.74, 6) is 0. The van der Waals surface area contributed by atoms with Crippen LogP contribution in [0.3, 0.4) is 0 Å². The largest absolute Gasteiger partial charge is 0.148 e. The molecule has 0 aliphatic heterocycles. The van der Waals surface area contributed by atoms with E-state index in [0.29, 0.717) is 0 Å². The lowest BCUT2D eigenvalue weighted by atomic mass is 9.98. The third kappa shape index (κ3) is 4.73. The van der Waals surface area contributed by atoms with Crippen LogP contribution in [0.4, 0.5) is 0 Å². The fourth-order valence-corrected chi connectivity index (χ4v) is 7.07. The Bertz CT molecular complexity index is 700. The first-order chi connectivity index (χ1) is 11.5. The summed E-state index contributed by atoms with van der Waals surface area (Å²) in [5.41, 5.74) is 11.2. The van der Waals surface area contributed by atoms with Crippen molar-refractivity contribution in [2.45, 2.75) is 62.3 Å². The average molecular weight is 350 g/mol. The highest BCUT2D eigenvalue weighted by Gasteiger charge is 2.23. The van der Waals surface area contributed by atoms with Crippen molar-refractivity contribution in [1.29, 1.82) is 0 Å². The van der Waals surface area contributed by atoms with Crippen LogP contribution in [-0.4, -0.2) is 8.80 Å². The van der Waals surface area contributed by atoms with Crippen LogP contribution >= 0.6 is 0 Å². The van der Waals surface area contributed by atoms with E-state index < -0.39 is 8.80 Å². The summed E-state index contributed by atoms with van der Waals surface area (Å²) in [6, 6.07) is 9.38. The first-order valence-corrected chi connectivity index (χ1v) is 10.8. The molecule has 0 aromatic heterocycles. The van der Waals surface area contributed by atoms with Crippen molar-refractivity contribution in [3.05, 3.63) is 69.4 Å². The second-order valence-electron chi connectivity index (χ2n) is 8.66. The van der Waals surface area contributed by atoms with Crippen molar-refractivity contribution < 1.29 is 0 Å². The van der Waals surface area contributed by atoms with Gasteiger partial charge in [-0.3, -0.25) is 0 Å². The Morgan fingerprint density at radius 1 is 0.640 bits per heavy atom. The molecular formula is C24H33Si. The van der Waals surface area contributed by atoms with Crippen LogP contribution in [0.1, 0.15) is 54.2 Å².